The van der Waals surface area contributed by atoms with Crippen LogP contribution in [0.4, 0.5) is 0 Å². The first-order chi connectivity index (χ1) is 11.4. The predicted molar refractivity (Wildman–Crippen MR) is 94.5 cm³/mol. The van der Waals surface area contributed by atoms with Crippen molar-refractivity contribution in [3.05, 3.63) is 17.5 Å². The number of nitrogens with one attached hydrogen (secondary N) is 1. The highest BCUT2D eigenvalue weighted by molar-refractivity contribution is 5.26. The van der Waals surface area contributed by atoms with E-state index in [0.717, 1.165) is 30.1 Å². The maximum Gasteiger partial charge on any atom is 0.0675 e. The van der Waals surface area contributed by atoms with Crippen LogP contribution in [-0.2, 0) is 12.8 Å². The van der Waals surface area contributed by atoms with Crippen LogP contribution in [0.2, 0.25) is 0 Å². The van der Waals surface area contributed by atoms with Crippen molar-refractivity contribution in [3.63, 3.8) is 0 Å². The molecule has 3 heteroatoms. The number of aromatic nitrogens is 2. The van der Waals surface area contributed by atoms with E-state index in [1.54, 1.807) is 0 Å². The van der Waals surface area contributed by atoms with Crippen molar-refractivity contribution in [2.24, 2.45) is 34.5 Å². The zero-order valence-electron chi connectivity index (χ0n) is 15.4. The predicted octanol–water partition coefficient (Wildman–Crippen LogP) is 4.12. The minimum Gasteiger partial charge on any atom is -0.390 e. The number of fused-ring (bicyclic) bond motifs is 6. The molecular formula is C21H32N2O. The Balaban J connectivity index is 1.50. The fourth-order valence-corrected chi connectivity index (χ4v) is 7.71. The first-order valence-electron chi connectivity index (χ1n) is 10.1. The van der Waals surface area contributed by atoms with Gasteiger partial charge in [-0.3, -0.25) is 5.10 Å². The monoisotopic (exact) mass is 328 g/mol. The lowest BCUT2D eigenvalue weighted by molar-refractivity contribution is -0.139. The van der Waals surface area contributed by atoms with Gasteiger partial charge in [-0.2, -0.15) is 5.10 Å². The lowest BCUT2D eigenvalue weighted by Gasteiger charge is -2.60. The molecule has 1 heterocycles. The Morgan fingerprint density at radius 2 is 1.88 bits per heavy atom. The molecule has 5 rings (SSSR count). The molecular weight excluding hydrogens is 296 g/mol. The molecule has 7 atom stereocenters. The van der Waals surface area contributed by atoms with E-state index in [0.29, 0.717) is 5.41 Å². The van der Waals surface area contributed by atoms with Crippen LogP contribution in [0.5, 0.6) is 0 Å². The van der Waals surface area contributed by atoms with Crippen molar-refractivity contribution in [2.45, 2.75) is 77.7 Å². The van der Waals surface area contributed by atoms with Gasteiger partial charge in [-0.15, -0.1) is 0 Å². The van der Waals surface area contributed by atoms with Crippen LogP contribution in [-0.4, -0.2) is 20.9 Å². The van der Waals surface area contributed by atoms with E-state index >= 15 is 0 Å². The van der Waals surface area contributed by atoms with E-state index in [4.69, 9.17) is 0 Å². The van der Waals surface area contributed by atoms with Gasteiger partial charge in [0.1, 0.15) is 0 Å². The van der Waals surface area contributed by atoms with Gasteiger partial charge in [0.25, 0.3) is 0 Å². The molecule has 1 aromatic heterocycles. The molecule has 4 aliphatic rings. The second-order valence-electron chi connectivity index (χ2n) is 10.2. The molecule has 4 aliphatic carbocycles. The Morgan fingerprint density at radius 1 is 1.08 bits per heavy atom. The molecule has 0 amide bonds. The molecule has 24 heavy (non-hydrogen) atoms. The molecule has 3 fully saturated rings. The van der Waals surface area contributed by atoms with Crippen LogP contribution >= 0.6 is 0 Å². The van der Waals surface area contributed by atoms with Gasteiger partial charge in [-0.05, 0) is 98.4 Å². The quantitative estimate of drug-likeness (QED) is 0.752. The number of rotatable bonds is 0. The average molecular weight is 329 g/mol. The third-order valence-electron chi connectivity index (χ3n) is 9.46. The van der Waals surface area contributed by atoms with Gasteiger partial charge in [-0.1, -0.05) is 13.8 Å². The molecule has 1 aromatic rings. The van der Waals surface area contributed by atoms with Crippen LogP contribution in [0.25, 0.3) is 0 Å². The van der Waals surface area contributed by atoms with E-state index in [1.807, 2.05) is 0 Å². The number of aliphatic hydroxyl groups is 1. The molecule has 0 saturated heterocycles. The smallest absolute Gasteiger partial charge is 0.0675 e. The summed E-state index contributed by atoms with van der Waals surface area (Å²) >= 11 is 0. The van der Waals surface area contributed by atoms with Crippen LogP contribution in [0.3, 0.4) is 0 Å². The van der Waals surface area contributed by atoms with E-state index < -0.39 is 5.60 Å². The highest BCUT2D eigenvalue weighted by Crippen LogP contribution is 2.67. The summed E-state index contributed by atoms with van der Waals surface area (Å²) in [5.74, 6) is 3.21. The maximum absolute atomic E-state index is 11.0. The van der Waals surface area contributed by atoms with E-state index in [9.17, 15) is 5.11 Å². The Kier molecular flexibility index (Phi) is 3.00. The SMILES string of the molecule is CC12Cc3cn[nH]c3CC1CCC1C2CCC2(C)C1CC[C@]2(C)O. The van der Waals surface area contributed by atoms with E-state index in [1.165, 1.54) is 56.2 Å². The van der Waals surface area contributed by atoms with Crippen LogP contribution < -0.4 is 0 Å². The van der Waals surface area contributed by atoms with Crippen LogP contribution in [0.15, 0.2) is 6.20 Å². The standard InChI is InChI=1S/C21H32N2O/c1-19-11-13-12-22-23-18(13)10-14(19)4-5-15-16(19)6-8-20(2)17(15)7-9-21(20,3)24/h12,14-17,24H,4-11H2,1-3H3,(H,22,23)/t14?,15?,16?,17?,19?,20?,21-/m0/s1. The number of hydrogen-bond donors (Lipinski definition) is 2. The van der Waals surface area contributed by atoms with E-state index in [-0.39, 0.29) is 5.41 Å². The second kappa shape index (κ2) is 4.66. The molecule has 3 saturated carbocycles. The summed E-state index contributed by atoms with van der Waals surface area (Å²) in [6.07, 6.45) is 12.0. The number of hydrogen-bond acceptors (Lipinski definition) is 2. The highest BCUT2D eigenvalue weighted by atomic mass is 16.3. The fourth-order valence-electron chi connectivity index (χ4n) is 7.71. The van der Waals surface area contributed by atoms with Crippen molar-refractivity contribution < 1.29 is 5.11 Å². The second-order valence-corrected chi connectivity index (χ2v) is 10.2. The van der Waals surface area contributed by atoms with Gasteiger partial charge in [0, 0.05) is 5.69 Å². The largest absolute Gasteiger partial charge is 0.390 e. The Hall–Kier alpha value is -0.830. The molecule has 132 valence electrons. The third-order valence-corrected chi connectivity index (χ3v) is 9.46. The van der Waals surface area contributed by atoms with Gasteiger partial charge >= 0.3 is 0 Å². The van der Waals surface area contributed by atoms with Gasteiger partial charge < -0.3 is 5.11 Å². The summed E-state index contributed by atoms with van der Waals surface area (Å²) in [6.45, 7) is 7.09. The summed E-state index contributed by atoms with van der Waals surface area (Å²) in [6, 6.07) is 0. The van der Waals surface area contributed by atoms with Crippen molar-refractivity contribution in [1.29, 1.82) is 0 Å². The minimum atomic E-state index is -0.454. The molecule has 0 spiro atoms. The Labute approximate surface area is 145 Å². The lowest BCUT2D eigenvalue weighted by Crippen LogP contribution is -2.56. The summed E-state index contributed by atoms with van der Waals surface area (Å²) in [7, 11) is 0. The average Bonchev–Trinajstić information content (AvgIpc) is 3.06. The van der Waals surface area contributed by atoms with Crippen molar-refractivity contribution in [3.8, 4) is 0 Å². The first kappa shape index (κ1) is 15.4. The molecule has 2 N–H and O–H groups in total. The summed E-state index contributed by atoms with van der Waals surface area (Å²) in [5.41, 5.74) is 3.01. The topological polar surface area (TPSA) is 48.9 Å². The van der Waals surface area contributed by atoms with Gasteiger partial charge in [0.05, 0.1) is 11.8 Å². The lowest BCUT2D eigenvalue weighted by atomic mass is 9.44. The summed E-state index contributed by atoms with van der Waals surface area (Å²) in [4.78, 5) is 0. The zero-order valence-corrected chi connectivity index (χ0v) is 15.4. The highest BCUT2D eigenvalue weighted by Gasteiger charge is 2.63. The van der Waals surface area contributed by atoms with Gasteiger partial charge in [-0.25, -0.2) is 0 Å². The molecule has 0 aliphatic heterocycles. The zero-order chi connectivity index (χ0) is 16.7. The molecule has 3 nitrogen and oxygen atoms in total. The van der Waals surface area contributed by atoms with Gasteiger partial charge in [0.2, 0.25) is 0 Å². The summed E-state index contributed by atoms with van der Waals surface area (Å²) < 4.78 is 0. The molecule has 0 bridgehead atoms. The van der Waals surface area contributed by atoms with Crippen LogP contribution in [0.1, 0.15) is 70.6 Å². The van der Waals surface area contributed by atoms with Crippen molar-refractivity contribution >= 4 is 0 Å². The molecule has 6 unspecified atom stereocenters. The van der Waals surface area contributed by atoms with Gasteiger partial charge in [0.15, 0.2) is 0 Å². The summed E-state index contributed by atoms with van der Waals surface area (Å²) in [5, 5.41) is 18.6. The number of nitrogens with zero attached hydrogens (tertiary/aromatic N) is 1. The first-order valence-corrected chi connectivity index (χ1v) is 10.1. The van der Waals surface area contributed by atoms with Crippen LogP contribution in [0, 0.1) is 34.5 Å². The van der Waals surface area contributed by atoms with Crippen molar-refractivity contribution in [2.75, 3.05) is 0 Å². The number of aromatic amines is 1. The van der Waals surface area contributed by atoms with E-state index in [2.05, 4.69) is 37.2 Å². The maximum atomic E-state index is 11.0. The normalized spacial score (nSPS) is 53.0. The van der Waals surface area contributed by atoms with Crippen molar-refractivity contribution in [1.82, 2.24) is 10.2 Å². The molecule has 0 radical (unpaired) electrons. The third kappa shape index (κ3) is 1.75. The molecule has 0 aromatic carbocycles. The number of H-pyrrole nitrogens is 1. The Bertz CT molecular complexity index is 665. The Morgan fingerprint density at radius 3 is 2.71 bits per heavy atom. The fraction of sp³-hybridized carbons (Fsp3) is 0.857. The minimum absolute atomic E-state index is 0.146.